The van der Waals surface area contributed by atoms with Gasteiger partial charge in [0.1, 0.15) is 5.67 Å². The van der Waals surface area contributed by atoms with Crippen LogP contribution < -0.4 is 0 Å². The maximum Gasteiger partial charge on any atom is 0.112 e. The molecule has 0 spiro atoms. The number of rotatable bonds is 0. The molecule has 4 bridgehead atoms. The van der Waals surface area contributed by atoms with E-state index in [1.165, 1.54) is 19.3 Å². The minimum Gasteiger partial charge on any atom is -0.244 e. The summed E-state index contributed by atoms with van der Waals surface area (Å²) in [5.74, 6) is 3.01. The monoisotopic (exact) mass is 153 g/mol. The summed E-state index contributed by atoms with van der Waals surface area (Å²) in [6, 6.07) is 0. The normalized spacial score (nSPS) is 55.4. The molecular weight excluding hydrogens is 139 g/mol. The minimum absolute atomic E-state index is 0.733. The van der Waals surface area contributed by atoms with Crippen molar-refractivity contribution in [3.05, 3.63) is 5.92 Å². The van der Waals surface area contributed by atoms with Gasteiger partial charge in [-0.05, 0) is 56.3 Å². The molecule has 0 nitrogen and oxygen atoms in total. The SMILES string of the molecule is FC12C[C]3CC(CC(C3)C1)C2. The summed E-state index contributed by atoms with van der Waals surface area (Å²) in [7, 11) is 0. The van der Waals surface area contributed by atoms with Crippen molar-refractivity contribution in [1.29, 1.82) is 0 Å². The lowest BCUT2D eigenvalue weighted by molar-refractivity contribution is -0.0231. The summed E-state index contributed by atoms with van der Waals surface area (Å²) in [5, 5.41) is 0. The first-order chi connectivity index (χ1) is 5.23. The predicted molar refractivity (Wildman–Crippen MR) is 41.8 cm³/mol. The highest BCUT2D eigenvalue weighted by atomic mass is 19.1. The Bertz CT molecular complexity index is 150. The second-order valence-corrected chi connectivity index (χ2v) is 4.86. The molecule has 0 N–H and O–H groups in total. The zero-order valence-electron chi connectivity index (χ0n) is 6.78. The highest BCUT2D eigenvalue weighted by Gasteiger charge is 2.51. The van der Waals surface area contributed by atoms with Crippen molar-refractivity contribution in [3.63, 3.8) is 0 Å². The van der Waals surface area contributed by atoms with Gasteiger partial charge in [-0.1, -0.05) is 0 Å². The van der Waals surface area contributed by atoms with Gasteiger partial charge in [-0.15, -0.1) is 0 Å². The Kier molecular flexibility index (Phi) is 1.06. The summed E-state index contributed by atoms with van der Waals surface area (Å²) in [6.07, 6.45) is 6.44. The molecule has 61 valence electrons. The van der Waals surface area contributed by atoms with E-state index in [0.717, 1.165) is 31.1 Å². The first kappa shape index (κ1) is 6.45. The van der Waals surface area contributed by atoms with Gasteiger partial charge in [0, 0.05) is 0 Å². The Balaban J connectivity index is 1.94. The van der Waals surface area contributed by atoms with Crippen LogP contribution in [0.25, 0.3) is 0 Å². The second-order valence-electron chi connectivity index (χ2n) is 4.86. The highest BCUT2D eigenvalue weighted by molar-refractivity contribution is 5.14. The van der Waals surface area contributed by atoms with Crippen LogP contribution in [0.1, 0.15) is 38.5 Å². The highest BCUT2D eigenvalue weighted by Crippen LogP contribution is 2.58. The van der Waals surface area contributed by atoms with Crippen molar-refractivity contribution in [2.75, 3.05) is 0 Å². The molecule has 0 amide bonds. The van der Waals surface area contributed by atoms with Crippen LogP contribution in [0.3, 0.4) is 0 Å². The van der Waals surface area contributed by atoms with Gasteiger partial charge in [-0.2, -0.15) is 0 Å². The Morgan fingerprint density at radius 2 is 1.82 bits per heavy atom. The summed E-state index contributed by atoms with van der Waals surface area (Å²) in [6.45, 7) is 0. The molecule has 0 heterocycles. The molecule has 4 saturated carbocycles. The fraction of sp³-hybridized carbons (Fsp3) is 0.900. The van der Waals surface area contributed by atoms with Gasteiger partial charge in [0.05, 0.1) is 0 Å². The Labute approximate surface area is 67.2 Å². The van der Waals surface area contributed by atoms with Gasteiger partial charge in [-0.25, -0.2) is 4.39 Å². The number of alkyl halides is 1. The molecule has 4 fully saturated rings. The fourth-order valence-corrected chi connectivity index (χ4v) is 3.70. The zero-order chi connectivity index (χ0) is 7.47. The maximum atomic E-state index is 13.9. The predicted octanol–water partition coefficient (Wildman–Crippen LogP) is 2.88. The van der Waals surface area contributed by atoms with E-state index in [-0.39, 0.29) is 0 Å². The molecule has 0 saturated heterocycles. The number of hydrogen-bond donors (Lipinski definition) is 0. The van der Waals surface area contributed by atoms with Crippen molar-refractivity contribution < 1.29 is 4.39 Å². The van der Waals surface area contributed by atoms with Crippen LogP contribution in [0, 0.1) is 17.8 Å². The standard InChI is InChI=1S/C10H14F/c11-10-4-7-1-8(5-10)3-9(2-7)6-10/h7-8H,1-6H2. The minimum atomic E-state index is -0.737. The van der Waals surface area contributed by atoms with Gasteiger partial charge in [0.2, 0.25) is 0 Å². The summed E-state index contributed by atoms with van der Waals surface area (Å²) >= 11 is 0. The summed E-state index contributed by atoms with van der Waals surface area (Å²) in [4.78, 5) is 0. The van der Waals surface area contributed by atoms with E-state index < -0.39 is 5.67 Å². The molecule has 2 atom stereocenters. The van der Waals surface area contributed by atoms with E-state index in [0.29, 0.717) is 0 Å². The van der Waals surface area contributed by atoms with Crippen LogP contribution in [0.2, 0.25) is 0 Å². The van der Waals surface area contributed by atoms with Gasteiger partial charge in [0.15, 0.2) is 0 Å². The lowest BCUT2D eigenvalue weighted by atomic mass is 9.55. The average molecular weight is 153 g/mol. The van der Waals surface area contributed by atoms with Crippen molar-refractivity contribution in [3.8, 4) is 0 Å². The third-order valence-electron chi connectivity index (χ3n) is 3.70. The van der Waals surface area contributed by atoms with E-state index in [1.807, 2.05) is 0 Å². The molecule has 4 aliphatic rings. The van der Waals surface area contributed by atoms with Crippen molar-refractivity contribution >= 4 is 0 Å². The van der Waals surface area contributed by atoms with E-state index >= 15 is 0 Å². The van der Waals surface area contributed by atoms with Crippen LogP contribution >= 0.6 is 0 Å². The van der Waals surface area contributed by atoms with Gasteiger partial charge >= 0.3 is 0 Å². The van der Waals surface area contributed by atoms with Crippen molar-refractivity contribution in [1.82, 2.24) is 0 Å². The topological polar surface area (TPSA) is 0 Å². The van der Waals surface area contributed by atoms with Crippen molar-refractivity contribution in [2.45, 2.75) is 44.2 Å². The number of hydrogen-bond acceptors (Lipinski definition) is 0. The maximum absolute atomic E-state index is 13.9. The lowest BCUT2D eigenvalue weighted by Gasteiger charge is -2.52. The molecule has 1 radical (unpaired) electrons. The molecule has 0 aliphatic heterocycles. The zero-order valence-corrected chi connectivity index (χ0v) is 6.78. The number of halogens is 1. The van der Waals surface area contributed by atoms with E-state index in [1.54, 1.807) is 5.92 Å². The summed E-state index contributed by atoms with van der Waals surface area (Å²) in [5.41, 5.74) is -0.737. The Hall–Kier alpha value is -0.0700. The third kappa shape index (κ3) is 0.861. The van der Waals surface area contributed by atoms with E-state index in [4.69, 9.17) is 0 Å². The quantitative estimate of drug-likeness (QED) is 0.502. The first-order valence-electron chi connectivity index (χ1n) is 4.76. The Morgan fingerprint density at radius 1 is 1.18 bits per heavy atom. The van der Waals surface area contributed by atoms with E-state index in [2.05, 4.69) is 0 Å². The van der Waals surface area contributed by atoms with Gasteiger partial charge < -0.3 is 0 Å². The van der Waals surface area contributed by atoms with Crippen molar-refractivity contribution in [2.24, 2.45) is 11.8 Å². The first-order valence-corrected chi connectivity index (χ1v) is 4.76. The molecule has 2 unspecified atom stereocenters. The second kappa shape index (κ2) is 1.81. The van der Waals surface area contributed by atoms with Crippen LogP contribution in [0.5, 0.6) is 0 Å². The molecule has 4 rings (SSSR count). The molecule has 4 aliphatic carbocycles. The molecular formula is C10H14F. The fourth-order valence-electron chi connectivity index (χ4n) is 3.70. The lowest BCUT2D eigenvalue weighted by Crippen LogP contribution is -2.46. The van der Waals surface area contributed by atoms with Crippen LogP contribution in [0.15, 0.2) is 0 Å². The molecule has 11 heavy (non-hydrogen) atoms. The summed E-state index contributed by atoms with van der Waals surface area (Å²) < 4.78 is 13.9. The molecule has 1 heteroatoms. The average Bonchev–Trinajstić information content (AvgIpc) is 1.79. The van der Waals surface area contributed by atoms with E-state index in [9.17, 15) is 4.39 Å². The third-order valence-corrected chi connectivity index (χ3v) is 3.70. The largest absolute Gasteiger partial charge is 0.244 e. The van der Waals surface area contributed by atoms with Crippen LogP contribution in [-0.2, 0) is 0 Å². The molecule has 0 aromatic carbocycles. The van der Waals surface area contributed by atoms with Crippen LogP contribution in [-0.4, -0.2) is 5.67 Å². The van der Waals surface area contributed by atoms with Gasteiger partial charge in [0.25, 0.3) is 0 Å². The molecule has 0 aromatic rings. The van der Waals surface area contributed by atoms with Crippen LogP contribution in [0.4, 0.5) is 4.39 Å². The smallest absolute Gasteiger partial charge is 0.112 e. The van der Waals surface area contributed by atoms with Gasteiger partial charge in [-0.3, -0.25) is 0 Å². The Morgan fingerprint density at radius 3 is 2.27 bits per heavy atom. The molecule has 0 aromatic heterocycles.